The van der Waals surface area contributed by atoms with E-state index in [2.05, 4.69) is 6.92 Å². The molecule has 3 nitrogen and oxygen atoms in total. The zero-order valence-corrected chi connectivity index (χ0v) is 15.0. The van der Waals surface area contributed by atoms with Gasteiger partial charge in [0.1, 0.15) is 5.75 Å². The molecule has 0 radical (unpaired) electrons. The highest BCUT2D eigenvalue weighted by atomic mass is 19.4. The van der Waals surface area contributed by atoms with Crippen molar-refractivity contribution < 1.29 is 27.5 Å². The van der Waals surface area contributed by atoms with E-state index in [0.29, 0.717) is 5.92 Å². The summed E-state index contributed by atoms with van der Waals surface area (Å²) in [4.78, 5) is 23.4. The Labute approximate surface area is 151 Å². The Morgan fingerprint density at radius 1 is 1.04 bits per heavy atom. The van der Waals surface area contributed by atoms with Gasteiger partial charge < -0.3 is 4.74 Å². The fourth-order valence-electron chi connectivity index (χ4n) is 3.41. The van der Waals surface area contributed by atoms with Gasteiger partial charge in [-0.25, -0.2) is 0 Å². The Bertz CT molecular complexity index is 600. The molecule has 1 aliphatic rings. The Morgan fingerprint density at radius 2 is 1.65 bits per heavy atom. The van der Waals surface area contributed by atoms with Gasteiger partial charge in [0, 0.05) is 5.56 Å². The molecule has 0 saturated heterocycles. The van der Waals surface area contributed by atoms with Crippen LogP contribution in [0.25, 0.3) is 0 Å². The summed E-state index contributed by atoms with van der Waals surface area (Å²) < 4.78 is 42.4. The number of benzene rings is 1. The second-order valence-electron chi connectivity index (χ2n) is 6.99. The number of hydrogen-bond acceptors (Lipinski definition) is 3. The largest absolute Gasteiger partial charge is 0.454 e. The fraction of sp³-hybridized carbons (Fsp3) is 0.600. The van der Waals surface area contributed by atoms with Crippen molar-refractivity contribution in [2.75, 3.05) is 0 Å². The first-order valence-corrected chi connectivity index (χ1v) is 9.24. The number of unbranched alkanes of at least 4 members (excludes halogenated alkanes) is 2. The molecule has 0 spiro atoms. The zero-order chi connectivity index (χ0) is 19.2. The summed E-state index contributed by atoms with van der Waals surface area (Å²) in [5.41, 5.74) is -0.468. The highest BCUT2D eigenvalue weighted by molar-refractivity contribution is 6.00. The van der Waals surface area contributed by atoms with Crippen LogP contribution in [0.4, 0.5) is 13.2 Å². The molecule has 2 rings (SSSR count). The third-order valence-electron chi connectivity index (χ3n) is 4.99. The molecule has 1 aromatic carbocycles. The van der Waals surface area contributed by atoms with E-state index in [1.54, 1.807) is 0 Å². The second kappa shape index (κ2) is 9.19. The smallest absolute Gasteiger partial charge is 0.426 e. The van der Waals surface area contributed by atoms with Crippen molar-refractivity contribution in [1.82, 2.24) is 0 Å². The molecule has 0 atom stereocenters. The highest BCUT2D eigenvalue weighted by Crippen LogP contribution is 2.33. The van der Waals surface area contributed by atoms with Crippen molar-refractivity contribution in [3.63, 3.8) is 0 Å². The van der Waals surface area contributed by atoms with Crippen molar-refractivity contribution in [2.24, 2.45) is 11.8 Å². The Morgan fingerprint density at radius 3 is 2.19 bits per heavy atom. The summed E-state index contributed by atoms with van der Waals surface area (Å²) >= 11 is 0. The monoisotopic (exact) mass is 370 g/mol. The van der Waals surface area contributed by atoms with E-state index in [4.69, 9.17) is 4.74 Å². The van der Waals surface area contributed by atoms with Crippen molar-refractivity contribution in [3.8, 4) is 5.75 Å². The molecule has 0 amide bonds. The Balaban J connectivity index is 1.82. The van der Waals surface area contributed by atoms with Crippen LogP contribution >= 0.6 is 0 Å². The highest BCUT2D eigenvalue weighted by Gasteiger charge is 2.39. The predicted molar refractivity (Wildman–Crippen MR) is 92.1 cm³/mol. The van der Waals surface area contributed by atoms with Crippen LogP contribution < -0.4 is 4.74 Å². The van der Waals surface area contributed by atoms with Crippen molar-refractivity contribution in [3.05, 3.63) is 29.8 Å². The number of carbonyl (C=O) groups is 2. The molecule has 0 heterocycles. The number of Topliss-reactive ketones (excluding diaryl/α,β-unsaturated/α-hetero) is 1. The lowest BCUT2D eigenvalue weighted by molar-refractivity contribution is -0.140. The zero-order valence-electron chi connectivity index (χ0n) is 15.0. The molecule has 0 aromatic heterocycles. The van der Waals surface area contributed by atoms with Crippen LogP contribution in [-0.2, 0) is 4.79 Å². The van der Waals surface area contributed by atoms with Gasteiger partial charge in [-0.05, 0) is 55.9 Å². The molecular weight excluding hydrogens is 345 g/mol. The molecule has 0 bridgehead atoms. The maximum absolute atomic E-state index is 12.4. The lowest BCUT2D eigenvalue weighted by Crippen LogP contribution is -2.26. The fourth-order valence-corrected chi connectivity index (χ4v) is 3.41. The van der Waals surface area contributed by atoms with E-state index >= 15 is 0 Å². The Hall–Kier alpha value is -1.85. The molecule has 0 N–H and O–H groups in total. The van der Waals surface area contributed by atoms with Gasteiger partial charge in [0.2, 0.25) is 0 Å². The molecule has 1 saturated carbocycles. The van der Waals surface area contributed by atoms with Gasteiger partial charge in [0.25, 0.3) is 5.78 Å². The number of ether oxygens (including phenoxy) is 1. The van der Waals surface area contributed by atoms with Crippen LogP contribution in [0.15, 0.2) is 24.3 Å². The minimum atomic E-state index is -4.91. The SMILES string of the molecule is CCCCCC1CCC(C(=O)Oc2ccc(C(=O)C(F)(F)F)cc2)CC1. The molecular formula is C20H25F3O3. The standard InChI is InChI=1S/C20H25F3O3/c1-2-3-4-5-14-6-8-16(9-7-14)19(25)26-17-12-10-15(11-13-17)18(24)20(21,22)23/h10-14,16H,2-9H2,1H3. The topological polar surface area (TPSA) is 43.4 Å². The quantitative estimate of drug-likeness (QED) is 0.267. The summed E-state index contributed by atoms with van der Waals surface area (Å²) in [5.74, 6) is -1.56. The maximum atomic E-state index is 12.4. The predicted octanol–water partition coefficient (Wildman–Crippen LogP) is 5.72. The van der Waals surface area contributed by atoms with E-state index in [1.807, 2.05) is 0 Å². The molecule has 26 heavy (non-hydrogen) atoms. The van der Waals surface area contributed by atoms with E-state index in [1.165, 1.54) is 37.8 Å². The van der Waals surface area contributed by atoms with Gasteiger partial charge in [-0.15, -0.1) is 0 Å². The van der Waals surface area contributed by atoms with E-state index < -0.39 is 17.5 Å². The summed E-state index contributed by atoms with van der Waals surface area (Å²) in [6.45, 7) is 2.18. The van der Waals surface area contributed by atoms with Crippen LogP contribution in [0.1, 0.15) is 68.6 Å². The number of alkyl halides is 3. The first kappa shape index (κ1) is 20.5. The third-order valence-corrected chi connectivity index (χ3v) is 4.99. The molecule has 0 unspecified atom stereocenters. The van der Waals surface area contributed by atoms with Gasteiger partial charge in [-0.3, -0.25) is 9.59 Å². The van der Waals surface area contributed by atoms with E-state index in [0.717, 1.165) is 37.8 Å². The Kier molecular flexibility index (Phi) is 7.23. The second-order valence-corrected chi connectivity index (χ2v) is 6.99. The lowest BCUT2D eigenvalue weighted by atomic mass is 9.80. The summed E-state index contributed by atoms with van der Waals surface area (Å²) in [7, 11) is 0. The van der Waals surface area contributed by atoms with Gasteiger partial charge in [-0.2, -0.15) is 13.2 Å². The molecule has 6 heteroatoms. The number of rotatable bonds is 7. The molecule has 0 aliphatic heterocycles. The average Bonchev–Trinajstić information content (AvgIpc) is 2.62. The van der Waals surface area contributed by atoms with E-state index in [9.17, 15) is 22.8 Å². The average molecular weight is 370 g/mol. The van der Waals surface area contributed by atoms with Crippen LogP contribution in [0.5, 0.6) is 5.75 Å². The maximum Gasteiger partial charge on any atom is 0.454 e. The van der Waals surface area contributed by atoms with Gasteiger partial charge in [0.15, 0.2) is 0 Å². The van der Waals surface area contributed by atoms with E-state index in [-0.39, 0.29) is 17.6 Å². The van der Waals surface area contributed by atoms with Crippen LogP contribution in [-0.4, -0.2) is 17.9 Å². The normalized spacial score (nSPS) is 20.6. The minimum Gasteiger partial charge on any atom is -0.426 e. The van der Waals surface area contributed by atoms with Crippen LogP contribution in [0.3, 0.4) is 0 Å². The van der Waals surface area contributed by atoms with Gasteiger partial charge in [0.05, 0.1) is 5.92 Å². The van der Waals surface area contributed by atoms with Crippen molar-refractivity contribution in [1.29, 1.82) is 0 Å². The molecule has 1 aliphatic carbocycles. The van der Waals surface area contributed by atoms with Crippen molar-refractivity contribution in [2.45, 2.75) is 64.5 Å². The first-order chi connectivity index (χ1) is 12.3. The summed E-state index contributed by atoms with van der Waals surface area (Å²) in [6.07, 6.45) is 3.60. The first-order valence-electron chi connectivity index (χ1n) is 9.24. The number of ketones is 1. The molecule has 144 valence electrons. The van der Waals surface area contributed by atoms with Crippen molar-refractivity contribution >= 4 is 11.8 Å². The van der Waals surface area contributed by atoms with Crippen LogP contribution in [0.2, 0.25) is 0 Å². The lowest BCUT2D eigenvalue weighted by Gasteiger charge is -2.27. The number of esters is 1. The van der Waals surface area contributed by atoms with Crippen LogP contribution in [0, 0.1) is 11.8 Å². The summed E-state index contributed by atoms with van der Waals surface area (Å²) in [6, 6.07) is 4.52. The number of halogens is 3. The summed E-state index contributed by atoms with van der Waals surface area (Å²) in [5, 5.41) is 0. The third kappa shape index (κ3) is 5.85. The van der Waals surface area contributed by atoms with Gasteiger partial charge in [-0.1, -0.05) is 32.6 Å². The van der Waals surface area contributed by atoms with Gasteiger partial charge >= 0.3 is 12.1 Å². The molecule has 1 fully saturated rings. The minimum absolute atomic E-state index is 0.158. The molecule has 1 aromatic rings. The number of carbonyl (C=O) groups excluding carboxylic acids is 2. The number of hydrogen-bond donors (Lipinski definition) is 0.